The highest BCUT2D eigenvalue weighted by Crippen LogP contribution is 2.24. The zero-order valence-electron chi connectivity index (χ0n) is 13.4. The summed E-state index contributed by atoms with van der Waals surface area (Å²) in [4.78, 5) is 6.83. The largest absolute Gasteiger partial charge is 0.494 e. The number of benzene rings is 1. The second kappa shape index (κ2) is 6.78. The van der Waals surface area contributed by atoms with E-state index in [1.807, 2.05) is 6.92 Å². The Morgan fingerprint density at radius 1 is 1.09 bits per heavy atom. The van der Waals surface area contributed by atoms with Crippen LogP contribution in [0.25, 0.3) is 0 Å². The first-order chi connectivity index (χ1) is 11.1. The highest BCUT2D eigenvalue weighted by Gasteiger charge is 2.34. The second-order valence-electron chi connectivity index (χ2n) is 5.71. The Labute approximate surface area is 137 Å². The highest BCUT2D eigenvalue weighted by molar-refractivity contribution is 7.89. The van der Waals surface area contributed by atoms with Crippen LogP contribution in [0.2, 0.25) is 0 Å². The number of hydrogen-bond acceptors (Lipinski definition) is 5. The van der Waals surface area contributed by atoms with Crippen molar-refractivity contribution in [3.05, 3.63) is 24.3 Å². The monoisotopic (exact) mass is 337 g/mol. The predicted molar refractivity (Wildman–Crippen MR) is 89.2 cm³/mol. The molecule has 6 nitrogen and oxygen atoms in total. The number of likely N-dealkylation sites (tertiary alicyclic amines) is 1. The number of guanidine groups is 1. The van der Waals surface area contributed by atoms with Gasteiger partial charge in [-0.15, -0.1) is 0 Å². The van der Waals surface area contributed by atoms with Gasteiger partial charge in [-0.2, -0.15) is 0 Å². The number of ether oxygens (including phenoxy) is 1. The first-order valence-electron chi connectivity index (χ1n) is 8.18. The maximum Gasteiger partial charge on any atom is 0.266 e. The van der Waals surface area contributed by atoms with E-state index >= 15 is 0 Å². The molecule has 0 amide bonds. The third-order valence-corrected chi connectivity index (χ3v) is 5.94. The Bertz CT molecular complexity index is 664. The zero-order chi connectivity index (χ0) is 16.3. The number of piperidine rings is 1. The molecule has 0 saturated carbocycles. The Morgan fingerprint density at radius 3 is 2.43 bits per heavy atom. The normalized spacial score (nSPS) is 18.9. The van der Waals surface area contributed by atoms with Crippen molar-refractivity contribution in [2.24, 2.45) is 4.99 Å². The lowest BCUT2D eigenvalue weighted by Gasteiger charge is -2.32. The summed E-state index contributed by atoms with van der Waals surface area (Å²) in [6.45, 7) is 5.17. The van der Waals surface area contributed by atoms with E-state index in [-0.39, 0.29) is 4.90 Å². The molecule has 0 aromatic heterocycles. The van der Waals surface area contributed by atoms with E-state index in [9.17, 15) is 8.42 Å². The summed E-state index contributed by atoms with van der Waals surface area (Å²) in [6, 6.07) is 6.60. The van der Waals surface area contributed by atoms with E-state index in [0.717, 1.165) is 25.9 Å². The van der Waals surface area contributed by atoms with Crippen molar-refractivity contribution in [2.45, 2.75) is 31.1 Å². The molecule has 3 rings (SSSR count). The summed E-state index contributed by atoms with van der Waals surface area (Å²) >= 11 is 0. The molecule has 2 aliphatic heterocycles. The maximum absolute atomic E-state index is 12.9. The smallest absolute Gasteiger partial charge is 0.266 e. The van der Waals surface area contributed by atoms with Crippen molar-refractivity contribution in [1.29, 1.82) is 0 Å². The van der Waals surface area contributed by atoms with E-state index in [2.05, 4.69) is 9.89 Å². The van der Waals surface area contributed by atoms with E-state index < -0.39 is 10.0 Å². The first kappa shape index (κ1) is 16.1. The number of aliphatic imine (C=N–C) groups is 1. The van der Waals surface area contributed by atoms with E-state index in [0.29, 0.717) is 31.4 Å². The molecular weight excluding hydrogens is 314 g/mol. The van der Waals surface area contributed by atoms with Crippen LogP contribution in [-0.2, 0) is 10.0 Å². The summed E-state index contributed by atoms with van der Waals surface area (Å²) in [6.07, 6.45) is 3.39. The van der Waals surface area contributed by atoms with Crippen LogP contribution in [0.15, 0.2) is 34.2 Å². The minimum Gasteiger partial charge on any atom is -0.494 e. The van der Waals surface area contributed by atoms with Crippen LogP contribution in [0.4, 0.5) is 0 Å². The second-order valence-corrected chi connectivity index (χ2v) is 7.57. The van der Waals surface area contributed by atoms with Crippen LogP contribution in [0.1, 0.15) is 26.2 Å². The Hall–Kier alpha value is -1.76. The maximum atomic E-state index is 12.9. The molecule has 0 spiro atoms. The number of sulfonamides is 1. The van der Waals surface area contributed by atoms with Gasteiger partial charge in [0.25, 0.3) is 10.0 Å². The fraction of sp³-hybridized carbons (Fsp3) is 0.562. The fourth-order valence-corrected chi connectivity index (χ4v) is 4.45. The van der Waals surface area contributed by atoms with Gasteiger partial charge in [0.15, 0.2) is 0 Å². The lowest BCUT2D eigenvalue weighted by atomic mass is 10.1. The van der Waals surface area contributed by atoms with Gasteiger partial charge >= 0.3 is 0 Å². The van der Waals surface area contributed by atoms with E-state index in [4.69, 9.17) is 4.74 Å². The number of rotatable bonds is 4. The molecule has 0 N–H and O–H groups in total. The average molecular weight is 337 g/mol. The van der Waals surface area contributed by atoms with Crippen molar-refractivity contribution in [3.8, 4) is 5.75 Å². The molecule has 0 aliphatic carbocycles. The summed E-state index contributed by atoms with van der Waals surface area (Å²) in [5, 5.41) is 0. The topological polar surface area (TPSA) is 62.2 Å². The molecular formula is C16H23N3O3S. The van der Waals surface area contributed by atoms with E-state index in [1.54, 1.807) is 24.3 Å². The molecule has 1 saturated heterocycles. The van der Waals surface area contributed by atoms with Gasteiger partial charge in [-0.3, -0.25) is 4.99 Å². The van der Waals surface area contributed by atoms with Crippen LogP contribution in [-0.4, -0.2) is 56.4 Å². The molecule has 0 radical (unpaired) electrons. The van der Waals surface area contributed by atoms with Crippen molar-refractivity contribution < 1.29 is 13.2 Å². The van der Waals surface area contributed by atoms with Crippen molar-refractivity contribution in [1.82, 2.24) is 9.21 Å². The molecule has 7 heteroatoms. The van der Waals surface area contributed by atoms with Crippen LogP contribution >= 0.6 is 0 Å². The molecule has 1 aromatic carbocycles. The van der Waals surface area contributed by atoms with Gasteiger partial charge < -0.3 is 9.64 Å². The van der Waals surface area contributed by atoms with E-state index in [1.165, 1.54) is 10.7 Å². The van der Waals surface area contributed by atoms with Crippen molar-refractivity contribution in [2.75, 3.05) is 32.8 Å². The van der Waals surface area contributed by atoms with Gasteiger partial charge in [-0.25, -0.2) is 12.7 Å². The van der Waals surface area contributed by atoms with Crippen LogP contribution in [0, 0.1) is 0 Å². The molecule has 2 heterocycles. The first-order valence-corrected chi connectivity index (χ1v) is 9.62. The molecule has 0 bridgehead atoms. The van der Waals surface area contributed by atoms with Crippen molar-refractivity contribution in [3.63, 3.8) is 0 Å². The Kier molecular flexibility index (Phi) is 4.75. The lowest BCUT2D eigenvalue weighted by Crippen LogP contribution is -2.46. The summed E-state index contributed by atoms with van der Waals surface area (Å²) in [7, 11) is -3.56. The summed E-state index contributed by atoms with van der Waals surface area (Å²) < 4.78 is 32.7. The van der Waals surface area contributed by atoms with Gasteiger partial charge in [-0.05, 0) is 50.5 Å². The van der Waals surface area contributed by atoms with Gasteiger partial charge in [0.2, 0.25) is 5.96 Å². The van der Waals surface area contributed by atoms with Gasteiger partial charge in [0.05, 0.1) is 24.6 Å². The van der Waals surface area contributed by atoms with Crippen LogP contribution in [0.5, 0.6) is 5.75 Å². The fourth-order valence-electron chi connectivity index (χ4n) is 3.00. The zero-order valence-corrected chi connectivity index (χ0v) is 14.3. The molecule has 23 heavy (non-hydrogen) atoms. The number of nitrogens with zero attached hydrogens (tertiary/aromatic N) is 3. The third-order valence-electron chi connectivity index (χ3n) is 4.14. The molecule has 0 atom stereocenters. The lowest BCUT2D eigenvalue weighted by molar-refractivity contribution is 0.321. The molecule has 2 aliphatic rings. The van der Waals surface area contributed by atoms with Crippen LogP contribution in [0.3, 0.4) is 0 Å². The molecule has 126 valence electrons. The average Bonchev–Trinajstić information content (AvgIpc) is 3.07. The summed E-state index contributed by atoms with van der Waals surface area (Å²) in [5.41, 5.74) is 0. The molecule has 1 aromatic rings. The molecule has 1 fully saturated rings. The van der Waals surface area contributed by atoms with Gasteiger partial charge in [-0.1, -0.05) is 0 Å². The SMILES string of the molecule is CCOc1ccc(S(=O)(=O)N2CCN=C2N2CCCCC2)cc1. The van der Waals surface area contributed by atoms with Crippen LogP contribution < -0.4 is 4.74 Å². The minimum atomic E-state index is -3.56. The predicted octanol–water partition coefficient (Wildman–Crippen LogP) is 1.93. The third kappa shape index (κ3) is 3.29. The van der Waals surface area contributed by atoms with Gasteiger partial charge in [0.1, 0.15) is 5.75 Å². The Morgan fingerprint density at radius 2 is 1.78 bits per heavy atom. The number of hydrogen-bond donors (Lipinski definition) is 0. The minimum absolute atomic E-state index is 0.285. The Balaban J connectivity index is 1.82. The van der Waals surface area contributed by atoms with Crippen molar-refractivity contribution >= 4 is 16.0 Å². The standard InChI is InChI=1S/C16H23N3O3S/c1-2-22-14-6-8-15(9-7-14)23(20,21)19-13-10-17-16(19)18-11-4-3-5-12-18/h6-9H,2-5,10-13H2,1H3. The summed E-state index contributed by atoms with van der Waals surface area (Å²) in [5.74, 6) is 1.29. The highest BCUT2D eigenvalue weighted by atomic mass is 32.2. The van der Waals surface area contributed by atoms with Gasteiger partial charge in [0, 0.05) is 13.1 Å². The quantitative estimate of drug-likeness (QED) is 0.842. The molecule has 0 unspecified atom stereocenters.